The molecular weight excluding hydrogens is 348 g/mol. The zero-order valence-corrected chi connectivity index (χ0v) is 15.3. The number of hydrogen-bond acceptors (Lipinski definition) is 4. The number of alkyl halides is 1. The first kappa shape index (κ1) is 16.5. The number of fused-ring (bicyclic) bond motifs is 2. The average Bonchev–Trinajstić information content (AvgIpc) is 2.76. The zero-order chi connectivity index (χ0) is 16.1. The molecule has 0 spiro atoms. The molecule has 1 saturated heterocycles. The van der Waals surface area contributed by atoms with Gasteiger partial charge in [-0.15, -0.1) is 0 Å². The molecule has 22 heavy (non-hydrogen) atoms. The zero-order valence-electron chi connectivity index (χ0n) is 13.7. The highest BCUT2D eigenvalue weighted by atomic mass is 79.9. The lowest BCUT2D eigenvalue weighted by molar-refractivity contribution is -0.185. The predicted molar refractivity (Wildman–Crippen MR) is 87.0 cm³/mol. The van der Waals surface area contributed by atoms with Crippen molar-refractivity contribution in [2.75, 3.05) is 13.2 Å². The number of esters is 1. The number of ether oxygens (including phenoxy) is 3. The first-order valence-electron chi connectivity index (χ1n) is 8.01. The summed E-state index contributed by atoms with van der Waals surface area (Å²) in [6.45, 7) is 9.30. The van der Waals surface area contributed by atoms with Crippen molar-refractivity contribution in [1.82, 2.24) is 0 Å². The third-order valence-electron chi connectivity index (χ3n) is 5.53. The minimum atomic E-state index is -0.315. The van der Waals surface area contributed by atoms with Gasteiger partial charge in [-0.25, -0.2) is 0 Å². The molecule has 2 fully saturated rings. The molecule has 2 aliphatic heterocycles. The van der Waals surface area contributed by atoms with Gasteiger partial charge in [-0.3, -0.25) is 4.79 Å². The summed E-state index contributed by atoms with van der Waals surface area (Å²) >= 11 is 3.84. The van der Waals surface area contributed by atoms with Crippen LogP contribution >= 0.6 is 15.9 Å². The summed E-state index contributed by atoms with van der Waals surface area (Å²) in [7, 11) is 0. The van der Waals surface area contributed by atoms with Crippen LogP contribution in [0.3, 0.4) is 0 Å². The highest BCUT2D eigenvalue weighted by Crippen LogP contribution is 2.55. The second-order valence-electron chi connectivity index (χ2n) is 7.56. The Balaban J connectivity index is 2.05. The molecule has 3 rings (SSSR count). The summed E-state index contributed by atoms with van der Waals surface area (Å²) in [5.41, 5.74) is 0.762. The Morgan fingerprint density at radius 2 is 2.14 bits per heavy atom. The average molecular weight is 373 g/mol. The molecule has 1 aliphatic carbocycles. The van der Waals surface area contributed by atoms with E-state index in [2.05, 4.69) is 42.8 Å². The Kier molecular flexibility index (Phi) is 4.19. The third-order valence-corrected chi connectivity index (χ3v) is 7.17. The van der Waals surface area contributed by atoms with Crippen molar-refractivity contribution in [2.45, 2.75) is 63.2 Å². The van der Waals surface area contributed by atoms with E-state index >= 15 is 0 Å². The van der Waals surface area contributed by atoms with Gasteiger partial charge >= 0.3 is 5.97 Å². The van der Waals surface area contributed by atoms with Crippen LogP contribution < -0.4 is 0 Å². The van der Waals surface area contributed by atoms with Gasteiger partial charge in [0.15, 0.2) is 0 Å². The molecule has 124 valence electrons. The molecule has 0 amide bonds. The summed E-state index contributed by atoms with van der Waals surface area (Å²) in [5, 5.41) is 0. The minimum Gasteiger partial charge on any atom is -0.458 e. The van der Waals surface area contributed by atoms with Crippen molar-refractivity contribution in [3.05, 3.63) is 11.6 Å². The van der Waals surface area contributed by atoms with Gasteiger partial charge in [-0.05, 0) is 36.8 Å². The van der Waals surface area contributed by atoms with Crippen LogP contribution in [0.15, 0.2) is 11.6 Å². The van der Waals surface area contributed by atoms with Crippen LogP contribution in [-0.4, -0.2) is 41.8 Å². The smallest absolute Gasteiger partial charge is 0.303 e. The van der Waals surface area contributed by atoms with E-state index in [4.69, 9.17) is 14.2 Å². The van der Waals surface area contributed by atoms with E-state index in [1.54, 1.807) is 0 Å². The third kappa shape index (κ3) is 2.65. The van der Waals surface area contributed by atoms with Crippen molar-refractivity contribution in [3.8, 4) is 0 Å². The first-order chi connectivity index (χ1) is 10.2. The van der Waals surface area contributed by atoms with Gasteiger partial charge < -0.3 is 14.2 Å². The number of rotatable bonds is 1. The SMILES string of the molecule is CC(=O)OC1C=C2COCC2OC2(C)CCC(Br)C(C)(C)C12. The lowest BCUT2D eigenvalue weighted by atomic mass is 9.59. The van der Waals surface area contributed by atoms with Crippen LogP contribution in [0.4, 0.5) is 0 Å². The molecule has 0 bridgehead atoms. The number of hydrogen-bond donors (Lipinski definition) is 0. The van der Waals surface area contributed by atoms with Crippen LogP contribution in [-0.2, 0) is 19.0 Å². The van der Waals surface area contributed by atoms with Gasteiger partial charge in [0, 0.05) is 17.7 Å². The van der Waals surface area contributed by atoms with Gasteiger partial charge in [0.05, 0.1) is 18.8 Å². The molecule has 4 nitrogen and oxygen atoms in total. The number of carbonyl (C=O) groups is 1. The molecule has 1 saturated carbocycles. The fraction of sp³-hybridized carbons (Fsp3) is 0.824. The van der Waals surface area contributed by atoms with E-state index in [1.807, 2.05) is 0 Å². The van der Waals surface area contributed by atoms with Gasteiger partial charge in [0.2, 0.25) is 0 Å². The van der Waals surface area contributed by atoms with Crippen LogP contribution in [0.25, 0.3) is 0 Å². The van der Waals surface area contributed by atoms with Gasteiger partial charge in [0.25, 0.3) is 0 Å². The molecular formula is C17H25BrO4. The van der Waals surface area contributed by atoms with Gasteiger partial charge in [-0.2, -0.15) is 0 Å². The molecule has 5 atom stereocenters. The Morgan fingerprint density at radius 1 is 1.41 bits per heavy atom. The second-order valence-corrected chi connectivity index (χ2v) is 8.66. The van der Waals surface area contributed by atoms with E-state index in [0.717, 1.165) is 18.4 Å². The van der Waals surface area contributed by atoms with E-state index in [9.17, 15) is 4.79 Å². The highest BCUT2D eigenvalue weighted by molar-refractivity contribution is 9.09. The van der Waals surface area contributed by atoms with Crippen molar-refractivity contribution < 1.29 is 19.0 Å². The number of halogens is 1. The molecule has 0 N–H and O–H groups in total. The van der Waals surface area contributed by atoms with Gasteiger partial charge in [-0.1, -0.05) is 29.8 Å². The quantitative estimate of drug-likeness (QED) is 0.402. The van der Waals surface area contributed by atoms with Crippen molar-refractivity contribution in [3.63, 3.8) is 0 Å². The molecule has 3 aliphatic rings. The summed E-state index contributed by atoms with van der Waals surface area (Å²) in [6.07, 6.45) is 3.82. The van der Waals surface area contributed by atoms with Crippen LogP contribution in [0, 0.1) is 11.3 Å². The molecule has 2 heterocycles. The van der Waals surface area contributed by atoms with E-state index in [1.165, 1.54) is 6.92 Å². The van der Waals surface area contributed by atoms with E-state index < -0.39 is 0 Å². The van der Waals surface area contributed by atoms with Crippen molar-refractivity contribution >= 4 is 21.9 Å². The summed E-state index contributed by atoms with van der Waals surface area (Å²) in [5.74, 6) is -0.130. The topological polar surface area (TPSA) is 44.8 Å². The van der Waals surface area contributed by atoms with Crippen LogP contribution in [0.5, 0.6) is 0 Å². The standard InChI is InChI=1S/C17H25BrO4/c1-10(19)21-12-7-11-8-20-9-13(11)22-17(4)6-5-14(18)16(2,3)15(12)17/h7,12-15H,5-6,8-9H2,1-4H3. The lowest BCUT2D eigenvalue weighted by Gasteiger charge is -2.54. The Hall–Kier alpha value is -0.390. The number of carbonyl (C=O) groups excluding carboxylic acids is 1. The maximum atomic E-state index is 11.7. The normalized spacial score (nSPS) is 43.6. The predicted octanol–water partition coefficient (Wildman–Crippen LogP) is 3.23. The fourth-order valence-corrected chi connectivity index (χ4v) is 5.01. The molecule has 0 radical (unpaired) electrons. The second kappa shape index (κ2) is 5.60. The largest absolute Gasteiger partial charge is 0.458 e. The van der Waals surface area contributed by atoms with Crippen molar-refractivity contribution in [1.29, 1.82) is 0 Å². The van der Waals surface area contributed by atoms with E-state index in [-0.39, 0.29) is 35.1 Å². The summed E-state index contributed by atoms with van der Waals surface area (Å²) < 4.78 is 17.8. The molecule has 0 aromatic heterocycles. The van der Waals surface area contributed by atoms with Crippen LogP contribution in [0.1, 0.15) is 40.5 Å². The Morgan fingerprint density at radius 3 is 2.82 bits per heavy atom. The summed E-state index contributed by atoms with van der Waals surface area (Å²) in [6, 6.07) is 0. The van der Waals surface area contributed by atoms with Crippen molar-refractivity contribution in [2.24, 2.45) is 11.3 Å². The fourth-order valence-electron chi connectivity index (χ4n) is 4.50. The first-order valence-corrected chi connectivity index (χ1v) is 8.93. The molecule has 0 aromatic carbocycles. The molecule has 0 aromatic rings. The van der Waals surface area contributed by atoms with E-state index in [0.29, 0.717) is 18.0 Å². The maximum absolute atomic E-state index is 11.7. The molecule has 5 heteroatoms. The monoisotopic (exact) mass is 372 g/mol. The lowest BCUT2D eigenvalue weighted by Crippen LogP contribution is -2.58. The maximum Gasteiger partial charge on any atom is 0.303 e. The summed E-state index contributed by atoms with van der Waals surface area (Å²) in [4.78, 5) is 12.0. The minimum absolute atomic E-state index is 0.00395. The Labute approximate surface area is 140 Å². The van der Waals surface area contributed by atoms with Gasteiger partial charge in [0.1, 0.15) is 12.2 Å². The highest BCUT2D eigenvalue weighted by Gasteiger charge is 2.57. The molecule has 5 unspecified atom stereocenters. The Bertz CT molecular complexity index is 501. The van der Waals surface area contributed by atoms with Crippen LogP contribution in [0.2, 0.25) is 0 Å².